The van der Waals surface area contributed by atoms with E-state index < -0.39 is 34.3 Å². The number of amides is 2. The van der Waals surface area contributed by atoms with Crippen LogP contribution in [0.3, 0.4) is 0 Å². The Morgan fingerprint density at radius 2 is 1.57 bits per heavy atom. The second-order valence-corrected chi connectivity index (χ2v) is 11.3. The van der Waals surface area contributed by atoms with E-state index in [2.05, 4.69) is 21.2 Å². The summed E-state index contributed by atoms with van der Waals surface area (Å²) < 4.78 is 42.8. The van der Waals surface area contributed by atoms with E-state index in [-0.39, 0.29) is 23.0 Å². The van der Waals surface area contributed by atoms with Crippen LogP contribution < -0.4 is 9.62 Å². The maximum absolute atomic E-state index is 13.7. The van der Waals surface area contributed by atoms with Crippen molar-refractivity contribution in [2.24, 2.45) is 0 Å². The Morgan fingerprint density at radius 3 is 2.14 bits per heavy atom. The van der Waals surface area contributed by atoms with Crippen LogP contribution in [0.4, 0.5) is 10.1 Å². The summed E-state index contributed by atoms with van der Waals surface area (Å²) in [6, 6.07) is 17.5. The van der Waals surface area contributed by atoms with E-state index >= 15 is 0 Å². The van der Waals surface area contributed by atoms with E-state index in [0.29, 0.717) is 6.54 Å². The normalized spacial score (nSPS) is 12.0. The molecule has 7 nitrogen and oxygen atoms in total. The van der Waals surface area contributed by atoms with Gasteiger partial charge in [-0.2, -0.15) is 0 Å². The highest BCUT2D eigenvalue weighted by Gasteiger charge is 2.32. The van der Waals surface area contributed by atoms with Gasteiger partial charge in [-0.15, -0.1) is 0 Å². The van der Waals surface area contributed by atoms with Crippen LogP contribution in [0, 0.1) is 12.7 Å². The number of hydrogen-bond donors (Lipinski definition) is 1. The summed E-state index contributed by atoms with van der Waals surface area (Å²) in [4.78, 5) is 27.7. The fourth-order valence-electron chi connectivity index (χ4n) is 3.66. The number of rotatable bonds is 10. The molecule has 3 aromatic carbocycles. The molecule has 0 aliphatic rings. The van der Waals surface area contributed by atoms with Gasteiger partial charge in [-0.05, 0) is 74.9 Å². The summed E-state index contributed by atoms with van der Waals surface area (Å²) >= 11 is 3.38. The van der Waals surface area contributed by atoms with Crippen LogP contribution in [0.15, 0.2) is 82.2 Å². The zero-order valence-electron chi connectivity index (χ0n) is 20.8. The molecule has 0 radical (unpaired) electrons. The molecule has 0 saturated heterocycles. The van der Waals surface area contributed by atoms with Crippen molar-refractivity contribution >= 4 is 43.5 Å². The minimum absolute atomic E-state index is 0.00791. The first-order valence-electron chi connectivity index (χ1n) is 11.7. The third-order valence-corrected chi connectivity index (χ3v) is 8.10. The number of sulfonamides is 1. The first-order valence-corrected chi connectivity index (χ1v) is 13.9. The van der Waals surface area contributed by atoms with E-state index in [1.165, 1.54) is 29.2 Å². The van der Waals surface area contributed by atoms with Crippen LogP contribution >= 0.6 is 15.9 Å². The van der Waals surface area contributed by atoms with Crippen molar-refractivity contribution in [2.45, 2.75) is 38.3 Å². The highest BCUT2D eigenvalue weighted by atomic mass is 79.9. The van der Waals surface area contributed by atoms with Crippen molar-refractivity contribution in [1.82, 2.24) is 10.2 Å². The summed E-state index contributed by atoms with van der Waals surface area (Å²) in [5.41, 5.74) is 1.77. The van der Waals surface area contributed by atoms with Gasteiger partial charge in [0.15, 0.2) is 0 Å². The zero-order chi connectivity index (χ0) is 27.2. The van der Waals surface area contributed by atoms with Crippen LogP contribution in [0.25, 0.3) is 0 Å². The number of anilines is 1. The van der Waals surface area contributed by atoms with Gasteiger partial charge >= 0.3 is 0 Å². The van der Waals surface area contributed by atoms with Gasteiger partial charge in [-0.25, -0.2) is 12.8 Å². The number of nitrogens with zero attached hydrogens (tertiary/aromatic N) is 2. The summed E-state index contributed by atoms with van der Waals surface area (Å²) in [6.07, 6.45) is 0. The third-order valence-electron chi connectivity index (χ3n) is 5.79. The molecule has 10 heteroatoms. The van der Waals surface area contributed by atoms with E-state index in [9.17, 15) is 22.4 Å². The van der Waals surface area contributed by atoms with E-state index in [4.69, 9.17) is 0 Å². The van der Waals surface area contributed by atoms with Gasteiger partial charge in [0.05, 0.1) is 10.6 Å². The fourth-order valence-corrected chi connectivity index (χ4v) is 5.34. The minimum atomic E-state index is -4.19. The van der Waals surface area contributed by atoms with Crippen molar-refractivity contribution in [3.05, 3.63) is 94.2 Å². The molecular weight excluding hydrogens is 561 g/mol. The lowest BCUT2D eigenvalue weighted by Crippen LogP contribution is -2.51. The molecule has 37 heavy (non-hydrogen) atoms. The number of carbonyl (C=O) groups excluding carboxylic acids is 2. The average Bonchev–Trinajstić information content (AvgIpc) is 2.87. The van der Waals surface area contributed by atoms with Crippen molar-refractivity contribution in [1.29, 1.82) is 0 Å². The summed E-state index contributed by atoms with van der Waals surface area (Å²) in [5.74, 6) is -1.48. The number of aryl methyl sites for hydroxylation is 1. The Hall–Kier alpha value is -3.24. The monoisotopic (exact) mass is 589 g/mol. The summed E-state index contributed by atoms with van der Waals surface area (Å²) in [6.45, 7) is 5.09. The maximum atomic E-state index is 13.7. The number of nitrogens with one attached hydrogen (secondary N) is 1. The predicted molar refractivity (Wildman–Crippen MR) is 145 cm³/mol. The van der Waals surface area contributed by atoms with Gasteiger partial charge in [0.1, 0.15) is 18.4 Å². The van der Waals surface area contributed by atoms with Crippen LogP contribution in [0.5, 0.6) is 0 Å². The van der Waals surface area contributed by atoms with Crippen molar-refractivity contribution in [3.8, 4) is 0 Å². The van der Waals surface area contributed by atoms with Crippen molar-refractivity contribution in [2.75, 3.05) is 17.4 Å². The number of benzene rings is 3. The molecule has 0 spiro atoms. The second kappa shape index (κ2) is 12.3. The second-order valence-electron chi connectivity index (χ2n) is 8.52. The van der Waals surface area contributed by atoms with E-state index in [1.807, 2.05) is 31.2 Å². The van der Waals surface area contributed by atoms with Gasteiger partial charge < -0.3 is 10.2 Å². The van der Waals surface area contributed by atoms with Gasteiger partial charge in [-0.3, -0.25) is 13.9 Å². The topological polar surface area (TPSA) is 86.8 Å². The van der Waals surface area contributed by atoms with E-state index in [0.717, 1.165) is 32.0 Å². The van der Waals surface area contributed by atoms with Gasteiger partial charge in [0.2, 0.25) is 11.8 Å². The first kappa shape index (κ1) is 28.3. The van der Waals surface area contributed by atoms with Crippen LogP contribution in [-0.2, 0) is 26.2 Å². The lowest BCUT2D eigenvalue weighted by molar-refractivity contribution is -0.139. The highest BCUT2D eigenvalue weighted by Crippen LogP contribution is 2.25. The molecule has 1 atom stereocenters. The standard InChI is InChI=1S/C27H29BrFN3O4S/c1-4-30-27(34)20(3)31(17-21-7-9-22(28)10-8-21)26(33)18-32(24-13-11-23(29)12-14-24)37(35,36)25-15-5-19(2)6-16-25/h5-16,20H,4,17-18H2,1-3H3,(H,30,34). The number of halogens is 2. The summed E-state index contributed by atoms with van der Waals surface area (Å²) in [7, 11) is -4.19. The van der Waals surface area contributed by atoms with Crippen LogP contribution in [0.2, 0.25) is 0 Å². The molecule has 0 heterocycles. The van der Waals surface area contributed by atoms with E-state index in [1.54, 1.807) is 26.0 Å². The van der Waals surface area contributed by atoms with Gasteiger partial charge in [0.25, 0.3) is 10.0 Å². The zero-order valence-corrected chi connectivity index (χ0v) is 23.2. The molecule has 0 aliphatic carbocycles. The molecular formula is C27H29BrFN3O4S. The van der Waals surface area contributed by atoms with Crippen molar-refractivity contribution in [3.63, 3.8) is 0 Å². The quantitative estimate of drug-likeness (QED) is 0.373. The Morgan fingerprint density at radius 1 is 0.973 bits per heavy atom. The third kappa shape index (κ3) is 7.17. The molecule has 0 bridgehead atoms. The highest BCUT2D eigenvalue weighted by molar-refractivity contribution is 9.10. The van der Waals surface area contributed by atoms with Crippen LogP contribution in [-0.4, -0.2) is 44.3 Å². The molecule has 196 valence electrons. The molecule has 3 rings (SSSR count). The smallest absolute Gasteiger partial charge is 0.264 e. The Labute approximate surface area is 225 Å². The summed E-state index contributed by atoms with van der Waals surface area (Å²) in [5, 5.41) is 2.71. The molecule has 2 amide bonds. The fraction of sp³-hybridized carbons (Fsp3) is 0.259. The Bertz CT molecular complexity index is 1330. The molecule has 0 saturated carbocycles. The molecule has 1 unspecified atom stereocenters. The molecule has 0 fully saturated rings. The Balaban J connectivity index is 2.01. The number of likely N-dealkylation sites (N-methyl/N-ethyl adjacent to an activating group) is 1. The number of hydrogen-bond acceptors (Lipinski definition) is 4. The first-order chi connectivity index (χ1) is 17.5. The molecule has 1 N–H and O–H groups in total. The molecule has 0 aliphatic heterocycles. The predicted octanol–water partition coefficient (Wildman–Crippen LogP) is 4.65. The molecule has 0 aromatic heterocycles. The lowest BCUT2D eigenvalue weighted by Gasteiger charge is -2.32. The SMILES string of the molecule is CCNC(=O)C(C)N(Cc1ccc(Br)cc1)C(=O)CN(c1ccc(F)cc1)S(=O)(=O)c1ccc(C)cc1. The van der Waals surface area contributed by atoms with Gasteiger partial charge in [0, 0.05) is 17.6 Å². The minimum Gasteiger partial charge on any atom is -0.355 e. The van der Waals surface area contributed by atoms with Crippen LogP contribution in [0.1, 0.15) is 25.0 Å². The average molecular weight is 591 g/mol. The van der Waals surface area contributed by atoms with Crippen molar-refractivity contribution < 1.29 is 22.4 Å². The number of carbonyl (C=O) groups is 2. The Kier molecular flexibility index (Phi) is 9.45. The molecule has 3 aromatic rings. The largest absolute Gasteiger partial charge is 0.355 e. The van der Waals surface area contributed by atoms with Gasteiger partial charge in [-0.1, -0.05) is 45.8 Å². The maximum Gasteiger partial charge on any atom is 0.264 e. The lowest BCUT2D eigenvalue weighted by atomic mass is 10.1.